The molecule has 0 unspecified atom stereocenters. The van der Waals surface area contributed by atoms with E-state index in [0.717, 1.165) is 0 Å². The molecule has 0 atom stereocenters. The van der Waals surface area contributed by atoms with Gasteiger partial charge in [0.25, 0.3) is 0 Å². The zero-order chi connectivity index (χ0) is 19.6. The van der Waals surface area contributed by atoms with Gasteiger partial charge in [-0.3, -0.25) is 9.59 Å². The summed E-state index contributed by atoms with van der Waals surface area (Å²) in [5.74, 6) is -0.994. The molecule has 1 aliphatic heterocycles. The first-order chi connectivity index (χ1) is 12.9. The van der Waals surface area contributed by atoms with Gasteiger partial charge < -0.3 is 10.0 Å². The molecule has 0 aromatic heterocycles. The second-order valence-electron chi connectivity index (χ2n) is 6.76. The lowest BCUT2D eigenvalue weighted by molar-refractivity contribution is -0.120. The van der Waals surface area contributed by atoms with E-state index in [1.54, 1.807) is 43.3 Å². The molecule has 0 radical (unpaired) electrons. The first-order valence-corrected chi connectivity index (χ1v) is 9.02. The molecule has 1 amide bonds. The first kappa shape index (κ1) is 18.8. The molecule has 0 saturated heterocycles. The fourth-order valence-electron chi connectivity index (χ4n) is 3.24. The Morgan fingerprint density at radius 3 is 2.67 bits per heavy atom. The number of rotatable bonds is 5. The highest BCUT2D eigenvalue weighted by atomic mass is 19.1. The number of hydrogen-bond acceptors (Lipinski definition) is 3. The van der Waals surface area contributed by atoms with E-state index in [1.807, 2.05) is 6.92 Å². The van der Waals surface area contributed by atoms with Crippen LogP contribution in [0.2, 0.25) is 0 Å². The van der Waals surface area contributed by atoms with Crippen LogP contribution >= 0.6 is 0 Å². The van der Waals surface area contributed by atoms with Gasteiger partial charge in [0.1, 0.15) is 11.6 Å². The lowest BCUT2D eigenvalue weighted by Crippen LogP contribution is -2.30. The first-order valence-electron chi connectivity index (χ1n) is 9.02. The quantitative estimate of drug-likeness (QED) is 0.833. The maximum Gasteiger partial charge on any atom is 0.232 e. The Morgan fingerprint density at radius 1 is 1.22 bits per heavy atom. The second kappa shape index (κ2) is 7.74. The van der Waals surface area contributed by atoms with Crippen LogP contribution in [0.25, 0.3) is 5.76 Å². The molecule has 0 bridgehead atoms. The molecular weight excluding hydrogens is 345 g/mol. The van der Waals surface area contributed by atoms with E-state index in [9.17, 15) is 19.1 Å². The van der Waals surface area contributed by atoms with Gasteiger partial charge >= 0.3 is 0 Å². The number of carbonyl (C=O) groups excluding carboxylic acids is 2. The monoisotopic (exact) mass is 367 g/mol. The second-order valence-corrected chi connectivity index (χ2v) is 6.76. The van der Waals surface area contributed by atoms with Gasteiger partial charge in [-0.05, 0) is 42.7 Å². The number of carbonyl (C=O) groups is 2. The number of para-hydroxylation sites is 1. The highest BCUT2D eigenvalue weighted by Crippen LogP contribution is 2.34. The van der Waals surface area contributed by atoms with Crippen LogP contribution in [0, 0.1) is 12.7 Å². The summed E-state index contributed by atoms with van der Waals surface area (Å²) >= 11 is 0. The smallest absolute Gasteiger partial charge is 0.232 e. The summed E-state index contributed by atoms with van der Waals surface area (Å²) < 4.78 is 13.9. The molecular formula is C22H22FNO3. The lowest BCUT2D eigenvalue weighted by Gasteiger charge is -2.23. The molecule has 1 N–H and O–H groups in total. The van der Waals surface area contributed by atoms with Crippen LogP contribution in [0.4, 0.5) is 10.1 Å². The molecule has 5 heteroatoms. The van der Waals surface area contributed by atoms with E-state index in [0.29, 0.717) is 28.8 Å². The molecule has 0 fully saturated rings. The van der Waals surface area contributed by atoms with Gasteiger partial charge in [-0.25, -0.2) is 4.39 Å². The number of amides is 1. The predicted molar refractivity (Wildman–Crippen MR) is 103 cm³/mol. The minimum atomic E-state index is -0.331. The van der Waals surface area contributed by atoms with Crippen LogP contribution in [-0.2, 0) is 16.1 Å². The minimum absolute atomic E-state index is 0.144. The van der Waals surface area contributed by atoms with Crippen LogP contribution in [0.15, 0.2) is 48.0 Å². The summed E-state index contributed by atoms with van der Waals surface area (Å²) in [5, 5.41) is 10.7. The van der Waals surface area contributed by atoms with Crippen molar-refractivity contribution in [2.45, 2.75) is 39.7 Å². The van der Waals surface area contributed by atoms with Crippen molar-refractivity contribution >= 4 is 23.1 Å². The van der Waals surface area contributed by atoms with Gasteiger partial charge in [-0.15, -0.1) is 0 Å². The van der Waals surface area contributed by atoms with Crippen molar-refractivity contribution in [1.82, 2.24) is 0 Å². The van der Waals surface area contributed by atoms with E-state index in [-0.39, 0.29) is 48.2 Å². The number of halogens is 1. The molecule has 4 nitrogen and oxygen atoms in total. The molecule has 1 aliphatic rings. The highest BCUT2D eigenvalue weighted by Gasteiger charge is 2.30. The Labute approximate surface area is 157 Å². The lowest BCUT2D eigenvalue weighted by atomic mass is 10.00. The van der Waals surface area contributed by atoms with Crippen molar-refractivity contribution in [2.24, 2.45) is 0 Å². The SMILES string of the molecule is CCCC(=O)C1=C(O)c2ccccc2N(Cc2ccc(C)c(F)c2)C(=O)C1. The molecule has 2 aromatic carbocycles. The van der Waals surface area contributed by atoms with Gasteiger partial charge in [-0.1, -0.05) is 31.2 Å². The van der Waals surface area contributed by atoms with Crippen molar-refractivity contribution in [3.63, 3.8) is 0 Å². The Morgan fingerprint density at radius 2 is 1.96 bits per heavy atom. The third kappa shape index (κ3) is 3.77. The zero-order valence-electron chi connectivity index (χ0n) is 15.5. The summed E-state index contributed by atoms with van der Waals surface area (Å²) in [6.45, 7) is 3.72. The highest BCUT2D eigenvalue weighted by molar-refractivity contribution is 6.11. The number of fused-ring (bicyclic) bond motifs is 1. The Hall–Kier alpha value is -2.95. The van der Waals surface area contributed by atoms with E-state index in [4.69, 9.17) is 0 Å². The average Bonchev–Trinajstić information content (AvgIpc) is 2.75. The van der Waals surface area contributed by atoms with Gasteiger partial charge in [0, 0.05) is 17.6 Å². The Balaban J connectivity index is 2.03. The van der Waals surface area contributed by atoms with E-state index in [1.165, 1.54) is 11.0 Å². The third-order valence-electron chi connectivity index (χ3n) is 4.76. The van der Waals surface area contributed by atoms with Gasteiger partial charge in [0.2, 0.25) is 5.91 Å². The zero-order valence-corrected chi connectivity index (χ0v) is 15.5. The maximum absolute atomic E-state index is 13.9. The molecule has 1 heterocycles. The third-order valence-corrected chi connectivity index (χ3v) is 4.76. The standard InChI is InChI=1S/C22H22FNO3/c1-3-6-20(25)17-12-21(26)24(13-15-10-9-14(2)18(23)11-15)19-8-5-4-7-16(19)22(17)27/h4-5,7-11,27H,3,6,12-13H2,1-2H3. The van der Waals surface area contributed by atoms with Gasteiger partial charge in [0.05, 0.1) is 18.7 Å². The molecule has 0 aliphatic carbocycles. The molecule has 0 spiro atoms. The minimum Gasteiger partial charge on any atom is -0.507 e. The Kier molecular flexibility index (Phi) is 5.40. The van der Waals surface area contributed by atoms with Crippen LogP contribution in [0.5, 0.6) is 0 Å². The number of anilines is 1. The number of benzene rings is 2. The normalized spacial score (nSPS) is 14.2. The van der Waals surface area contributed by atoms with Crippen molar-refractivity contribution in [3.05, 3.63) is 70.5 Å². The number of Topliss-reactive ketones (excluding diaryl/α,β-unsaturated/α-hetero) is 1. The molecule has 27 heavy (non-hydrogen) atoms. The van der Waals surface area contributed by atoms with Crippen molar-refractivity contribution in [2.75, 3.05) is 4.90 Å². The van der Waals surface area contributed by atoms with Crippen molar-refractivity contribution in [3.8, 4) is 0 Å². The van der Waals surface area contributed by atoms with Gasteiger partial charge in [0.15, 0.2) is 5.78 Å². The van der Waals surface area contributed by atoms with E-state index in [2.05, 4.69) is 0 Å². The van der Waals surface area contributed by atoms with Crippen LogP contribution < -0.4 is 4.90 Å². The fraction of sp³-hybridized carbons (Fsp3) is 0.273. The van der Waals surface area contributed by atoms with Crippen molar-refractivity contribution in [1.29, 1.82) is 0 Å². The largest absolute Gasteiger partial charge is 0.507 e. The van der Waals surface area contributed by atoms with E-state index >= 15 is 0 Å². The summed E-state index contributed by atoms with van der Waals surface area (Å²) in [5.41, 5.74) is 2.28. The summed E-state index contributed by atoms with van der Waals surface area (Å²) in [7, 11) is 0. The number of ketones is 1. The number of aliphatic hydroxyl groups excluding tert-OH is 1. The topological polar surface area (TPSA) is 57.6 Å². The number of aryl methyl sites for hydroxylation is 1. The van der Waals surface area contributed by atoms with Gasteiger partial charge in [-0.2, -0.15) is 0 Å². The fourth-order valence-corrected chi connectivity index (χ4v) is 3.24. The van der Waals surface area contributed by atoms with Crippen molar-refractivity contribution < 1.29 is 19.1 Å². The molecule has 3 rings (SSSR count). The van der Waals surface area contributed by atoms with E-state index < -0.39 is 0 Å². The average molecular weight is 367 g/mol. The summed E-state index contributed by atoms with van der Waals surface area (Å²) in [6.07, 6.45) is 0.740. The van der Waals surface area contributed by atoms with Crippen LogP contribution in [0.1, 0.15) is 42.9 Å². The van der Waals surface area contributed by atoms with Crippen LogP contribution in [-0.4, -0.2) is 16.8 Å². The summed E-state index contributed by atoms with van der Waals surface area (Å²) in [6, 6.07) is 11.8. The molecule has 140 valence electrons. The Bertz CT molecular complexity index is 933. The number of aliphatic hydroxyl groups is 1. The maximum atomic E-state index is 13.9. The number of nitrogens with zero attached hydrogens (tertiary/aromatic N) is 1. The van der Waals surface area contributed by atoms with Crippen LogP contribution in [0.3, 0.4) is 0 Å². The molecule has 0 saturated carbocycles. The predicted octanol–water partition coefficient (Wildman–Crippen LogP) is 4.71. The molecule has 2 aromatic rings. The summed E-state index contributed by atoms with van der Waals surface area (Å²) in [4.78, 5) is 26.9. The number of hydrogen-bond donors (Lipinski definition) is 1.